The van der Waals surface area contributed by atoms with E-state index in [-0.39, 0.29) is 5.91 Å². The van der Waals surface area contributed by atoms with Crippen molar-refractivity contribution >= 4 is 5.91 Å². The van der Waals surface area contributed by atoms with Crippen LogP contribution in [0.3, 0.4) is 0 Å². The molecule has 2 aromatic carbocycles. The summed E-state index contributed by atoms with van der Waals surface area (Å²) < 4.78 is 28.1. The molecule has 3 rings (SSSR count). The normalized spacial score (nSPS) is 12.0. The van der Waals surface area contributed by atoms with Gasteiger partial charge in [0, 0.05) is 23.6 Å². The zero-order chi connectivity index (χ0) is 17.1. The van der Waals surface area contributed by atoms with E-state index in [0.29, 0.717) is 11.1 Å². The predicted molar refractivity (Wildman–Crippen MR) is 85.8 cm³/mol. The number of hydrogen-bond donors (Lipinski definition) is 1. The molecule has 3 aromatic rings. The van der Waals surface area contributed by atoms with Crippen LogP contribution in [0.15, 0.2) is 61.2 Å². The number of imidazole rings is 1. The summed E-state index contributed by atoms with van der Waals surface area (Å²) in [6.07, 6.45) is 5.14. The summed E-state index contributed by atoms with van der Waals surface area (Å²) >= 11 is 0. The summed E-state index contributed by atoms with van der Waals surface area (Å²) in [7, 11) is 0. The van der Waals surface area contributed by atoms with Crippen LogP contribution in [0, 0.1) is 11.6 Å². The lowest BCUT2D eigenvalue weighted by atomic mass is 10.1. The zero-order valence-corrected chi connectivity index (χ0v) is 12.9. The Balaban J connectivity index is 1.71. The summed E-state index contributed by atoms with van der Waals surface area (Å²) in [4.78, 5) is 16.2. The molecule has 1 unspecified atom stereocenters. The van der Waals surface area contributed by atoms with Crippen molar-refractivity contribution in [2.24, 2.45) is 0 Å². The van der Waals surface area contributed by atoms with Crippen LogP contribution in [0.25, 0.3) is 5.69 Å². The highest BCUT2D eigenvalue weighted by Crippen LogP contribution is 2.17. The van der Waals surface area contributed by atoms with Crippen molar-refractivity contribution in [2.75, 3.05) is 0 Å². The number of aromatic nitrogens is 2. The van der Waals surface area contributed by atoms with Gasteiger partial charge in [-0.1, -0.05) is 6.07 Å². The summed E-state index contributed by atoms with van der Waals surface area (Å²) in [5.41, 5.74) is 1.86. The Bertz CT molecular complexity index is 845. The first-order valence-electron chi connectivity index (χ1n) is 7.39. The van der Waals surface area contributed by atoms with Gasteiger partial charge >= 0.3 is 0 Å². The third-order valence-corrected chi connectivity index (χ3v) is 3.72. The first-order chi connectivity index (χ1) is 11.5. The predicted octanol–water partition coefficient (Wildman–Crippen LogP) is 3.64. The molecule has 1 aromatic heterocycles. The fourth-order valence-electron chi connectivity index (χ4n) is 2.34. The Labute approximate surface area is 137 Å². The monoisotopic (exact) mass is 327 g/mol. The van der Waals surface area contributed by atoms with E-state index in [0.717, 1.165) is 17.8 Å². The Morgan fingerprint density at radius 3 is 2.50 bits per heavy atom. The molecule has 24 heavy (non-hydrogen) atoms. The number of hydrogen-bond acceptors (Lipinski definition) is 2. The minimum atomic E-state index is -0.932. The van der Waals surface area contributed by atoms with E-state index in [9.17, 15) is 13.6 Å². The molecule has 122 valence electrons. The van der Waals surface area contributed by atoms with Crippen molar-refractivity contribution < 1.29 is 13.6 Å². The van der Waals surface area contributed by atoms with Gasteiger partial charge in [-0.15, -0.1) is 0 Å². The van der Waals surface area contributed by atoms with Gasteiger partial charge in [0.05, 0.1) is 12.4 Å². The van der Waals surface area contributed by atoms with E-state index >= 15 is 0 Å². The Hall–Kier alpha value is -3.02. The van der Waals surface area contributed by atoms with Crippen LogP contribution in [0.4, 0.5) is 8.78 Å². The highest BCUT2D eigenvalue weighted by molar-refractivity contribution is 5.94. The SMILES string of the molecule is CC(NC(=O)c1ccc(-n2ccnc2)cc1)c1ccc(F)c(F)c1. The average Bonchev–Trinajstić information content (AvgIpc) is 3.12. The molecule has 0 radical (unpaired) electrons. The fourth-order valence-corrected chi connectivity index (χ4v) is 2.34. The van der Waals surface area contributed by atoms with Gasteiger partial charge in [-0.3, -0.25) is 4.79 Å². The molecular formula is C18H15F2N3O. The third kappa shape index (κ3) is 3.32. The van der Waals surface area contributed by atoms with Crippen molar-refractivity contribution in [1.29, 1.82) is 0 Å². The molecule has 0 aliphatic carbocycles. The lowest BCUT2D eigenvalue weighted by Crippen LogP contribution is -2.26. The third-order valence-electron chi connectivity index (χ3n) is 3.72. The molecule has 1 atom stereocenters. The molecule has 0 bridgehead atoms. The molecule has 6 heteroatoms. The van der Waals surface area contributed by atoms with Crippen molar-refractivity contribution in [1.82, 2.24) is 14.9 Å². The van der Waals surface area contributed by atoms with Crippen molar-refractivity contribution in [2.45, 2.75) is 13.0 Å². The van der Waals surface area contributed by atoms with Crippen LogP contribution >= 0.6 is 0 Å². The first kappa shape index (κ1) is 15.9. The van der Waals surface area contributed by atoms with Crippen LogP contribution in [-0.4, -0.2) is 15.5 Å². The Morgan fingerprint density at radius 2 is 1.88 bits per heavy atom. The number of amides is 1. The van der Waals surface area contributed by atoms with E-state index in [1.807, 2.05) is 4.57 Å². The van der Waals surface area contributed by atoms with Crippen LogP contribution in [0.1, 0.15) is 28.9 Å². The van der Waals surface area contributed by atoms with Gasteiger partial charge in [0.2, 0.25) is 0 Å². The van der Waals surface area contributed by atoms with Gasteiger partial charge in [-0.05, 0) is 48.9 Å². The minimum absolute atomic E-state index is 0.288. The van der Waals surface area contributed by atoms with Gasteiger partial charge in [0.1, 0.15) is 0 Å². The maximum absolute atomic E-state index is 13.3. The van der Waals surface area contributed by atoms with E-state index < -0.39 is 17.7 Å². The topological polar surface area (TPSA) is 46.9 Å². The molecule has 1 amide bonds. The number of carbonyl (C=O) groups is 1. The van der Waals surface area contributed by atoms with Crippen LogP contribution in [0.2, 0.25) is 0 Å². The molecule has 0 aliphatic rings. The summed E-state index contributed by atoms with van der Waals surface area (Å²) in [5, 5.41) is 2.77. The second kappa shape index (κ2) is 6.62. The number of carbonyl (C=O) groups excluding carboxylic acids is 1. The lowest BCUT2D eigenvalue weighted by molar-refractivity contribution is 0.0940. The van der Waals surface area contributed by atoms with E-state index in [2.05, 4.69) is 10.3 Å². The average molecular weight is 327 g/mol. The molecule has 0 fully saturated rings. The largest absolute Gasteiger partial charge is 0.346 e. The Kier molecular flexibility index (Phi) is 4.37. The molecule has 0 spiro atoms. The van der Waals surface area contributed by atoms with E-state index in [1.165, 1.54) is 6.07 Å². The summed E-state index contributed by atoms with van der Waals surface area (Å²) in [6, 6.07) is 10.1. The van der Waals surface area contributed by atoms with Crippen LogP contribution < -0.4 is 5.32 Å². The van der Waals surface area contributed by atoms with Crippen molar-refractivity contribution in [3.63, 3.8) is 0 Å². The number of nitrogens with one attached hydrogen (secondary N) is 1. The maximum Gasteiger partial charge on any atom is 0.251 e. The summed E-state index contributed by atoms with van der Waals surface area (Å²) in [6.45, 7) is 1.71. The first-order valence-corrected chi connectivity index (χ1v) is 7.39. The standard InChI is InChI=1S/C18H15F2N3O/c1-12(14-4-7-16(19)17(20)10-14)22-18(24)13-2-5-15(6-3-13)23-9-8-21-11-23/h2-12H,1H3,(H,22,24). The Morgan fingerprint density at radius 1 is 1.12 bits per heavy atom. The van der Waals surface area contributed by atoms with E-state index in [4.69, 9.17) is 0 Å². The molecule has 0 saturated heterocycles. The maximum atomic E-state index is 13.3. The van der Waals surface area contributed by atoms with Gasteiger partial charge in [0.15, 0.2) is 11.6 Å². The quantitative estimate of drug-likeness (QED) is 0.795. The van der Waals surface area contributed by atoms with Crippen LogP contribution in [0.5, 0.6) is 0 Å². The van der Waals surface area contributed by atoms with Crippen LogP contribution in [-0.2, 0) is 0 Å². The van der Waals surface area contributed by atoms with Gasteiger partial charge in [-0.2, -0.15) is 0 Å². The molecule has 1 heterocycles. The van der Waals surface area contributed by atoms with Crippen molar-refractivity contribution in [3.8, 4) is 5.69 Å². The van der Waals surface area contributed by atoms with Gasteiger partial charge < -0.3 is 9.88 Å². The number of halogens is 2. The molecule has 4 nitrogen and oxygen atoms in total. The molecule has 0 aliphatic heterocycles. The molecular weight excluding hydrogens is 312 g/mol. The second-order valence-electron chi connectivity index (χ2n) is 5.39. The molecule has 0 saturated carbocycles. The zero-order valence-electron chi connectivity index (χ0n) is 12.9. The second-order valence-corrected chi connectivity index (χ2v) is 5.39. The van der Waals surface area contributed by atoms with Crippen molar-refractivity contribution in [3.05, 3.63) is 83.9 Å². The smallest absolute Gasteiger partial charge is 0.251 e. The number of benzene rings is 2. The van der Waals surface area contributed by atoms with E-state index in [1.54, 1.807) is 49.9 Å². The van der Waals surface area contributed by atoms with Gasteiger partial charge in [0.25, 0.3) is 5.91 Å². The summed E-state index contributed by atoms with van der Waals surface area (Å²) in [5.74, 6) is -2.13. The van der Waals surface area contributed by atoms with Gasteiger partial charge in [-0.25, -0.2) is 13.8 Å². The number of rotatable bonds is 4. The minimum Gasteiger partial charge on any atom is -0.346 e. The highest BCUT2D eigenvalue weighted by Gasteiger charge is 2.13. The number of nitrogens with zero attached hydrogens (tertiary/aromatic N) is 2. The molecule has 1 N–H and O–H groups in total. The lowest BCUT2D eigenvalue weighted by Gasteiger charge is -2.15. The highest BCUT2D eigenvalue weighted by atomic mass is 19.2. The fraction of sp³-hybridized carbons (Fsp3) is 0.111.